The van der Waals surface area contributed by atoms with Crippen molar-refractivity contribution >= 4 is 33.1 Å². The van der Waals surface area contributed by atoms with Crippen LogP contribution < -0.4 is 10.5 Å². The second-order valence-electron chi connectivity index (χ2n) is 4.10. The first kappa shape index (κ1) is 14.5. The number of anilines is 2. The third-order valence-electron chi connectivity index (χ3n) is 2.57. The summed E-state index contributed by atoms with van der Waals surface area (Å²) in [5.41, 5.74) is 6.25. The molecule has 106 valence electrons. The lowest BCUT2D eigenvalue weighted by Crippen LogP contribution is -2.16. The van der Waals surface area contributed by atoms with Gasteiger partial charge in [-0.15, -0.1) is 0 Å². The monoisotopic (exact) mass is 315 g/mol. The zero-order chi connectivity index (χ0) is 14.9. The average molecular weight is 316 g/mol. The Balaban J connectivity index is 2.43. The Morgan fingerprint density at radius 2 is 2.05 bits per heavy atom. The van der Waals surface area contributed by atoms with Gasteiger partial charge in [0.1, 0.15) is 16.5 Å². The zero-order valence-corrected chi connectivity index (χ0v) is 12.0. The van der Waals surface area contributed by atoms with Crippen LogP contribution in [0.25, 0.3) is 0 Å². The van der Waals surface area contributed by atoms with Crippen molar-refractivity contribution in [3.05, 3.63) is 46.9 Å². The quantitative estimate of drug-likeness (QED) is 0.852. The van der Waals surface area contributed by atoms with E-state index in [9.17, 15) is 12.8 Å². The molecule has 8 heteroatoms. The Morgan fingerprint density at radius 3 is 2.70 bits per heavy atom. The van der Waals surface area contributed by atoms with Crippen molar-refractivity contribution in [2.24, 2.45) is 0 Å². The van der Waals surface area contributed by atoms with Gasteiger partial charge < -0.3 is 5.73 Å². The second-order valence-corrected chi connectivity index (χ2v) is 6.19. The number of aryl methyl sites for hydroxylation is 1. The molecular weight excluding hydrogens is 305 g/mol. The predicted molar refractivity (Wildman–Crippen MR) is 75.6 cm³/mol. The van der Waals surface area contributed by atoms with E-state index in [1.54, 1.807) is 6.92 Å². The van der Waals surface area contributed by atoms with E-state index in [1.165, 1.54) is 18.3 Å². The van der Waals surface area contributed by atoms with Gasteiger partial charge in [-0.2, -0.15) is 0 Å². The first-order valence-corrected chi connectivity index (χ1v) is 7.36. The van der Waals surface area contributed by atoms with Gasteiger partial charge in [0.15, 0.2) is 0 Å². The fourth-order valence-electron chi connectivity index (χ4n) is 1.53. The number of nitrogen functional groups attached to an aromatic ring is 1. The van der Waals surface area contributed by atoms with Gasteiger partial charge >= 0.3 is 0 Å². The van der Waals surface area contributed by atoms with Crippen LogP contribution in [0.1, 0.15) is 5.56 Å². The fourth-order valence-corrected chi connectivity index (χ4v) is 2.78. The standard InChI is InChI=1S/C12H11ClFN3O2S/c1-7-4-9(14)11(6-10(7)15)20(18,19)17-12-5-8(13)2-3-16-12/h2-6H,15H2,1H3,(H,16,17). The number of pyridine rings is 1. The van der Waals surface area contributed by atoms with Crippen LogP contribution in [0, 0.1) is 12.7 Å². The molecule has 5 nitrogen and oxygen atoms in total. The third-order valence-corrected chi connectivity index (χ3v) is 4.18. The van der Waals surface area contributed by atoms with Crippen molar-refractivity contribution in [1.82, 2.24) is 4.98 Å². The number of rotatable bonds is 3. The molecular formula is C12H11ClFN3O2S. The van der Waals surface area contributed by atoms with Gasteiger partial charge in [0.25, 0.3) is 10.0 Å². The van der Waals surface area contributed by atoms with Gasteiger partial charge in [-0.1, -0.05) is 11.6 Å². The lowest BCUT2D eigenvalue weighted by Gasteiger charge is -2.10. The lowest BCUT2D eigenvalue weighted by atomic mass is 10.2. The van der Waals surface area contributed by atoms with E-state index in [-0.39, 0.29) is 11.5 Å². The molecule has 1 heterocycles. The first-order chi connectivity index (χ1) is 9.29. The number of halogens is 2. The maximum atomic E-state index is 13.8. The number of nitrogens with zero attached hydrogens (tertiary/aromatic N) is 1. The summed E-state index contributed by atoms with van der Waals surface area (Å²) in [6, 6.07) is 4.94. The van der Waals surface area contributed by atoms with Crippen LogP contribution in [0.3, 0.4) is 0 Å². The summed E-state index contributed by atoms with van der Waals surface area (Å²) in [6.45, 7) is 1.58. The molecule has 0 saturated carbocycles. The van der Waals surface area contributed by atoms with Gasteiger partial charge in [-0.3, -0.25) is 4.72 Å². The Kier molecular flexibility index (Phi) is 3.82. The highest BCUT2D eigenvalue weighted by molar-refractivity contribution is 7.92. The summed E-state index contributed by atoms with van der Waals surface area (Å²) in [6.07, 6.45) is 1.33. The normalized spacial score (nSPS) is 11.3. The van der Waals surface area contributed by atoms with Gasteiger partial charge in [0, 0.05) is 23.0 Å². The van der Waals surface area contributed by atoms with E-state index in [1.807, 2.05) is 0 Å². The van der Waals surface area contributed by atoms with E-state index in [0.717, 1.165) is 12.1 Å². The van der Waals surface area contributed by atoms with Crippen LogP contribution >= 0.6 is 11.6 Å². The summed E-state index contributed by atoms with van der Waals surface area (Å²) < 4.78 is 40.1. The zero-order valence-electron chi connectivity index (χ0n) is 10.4. The molecule has 2 aromatic rings. The second kappa shape index (κ2) is 5.26. The molecule has 20 heavy (non-hydrogen) atoms. The molecule has 0 fully saturated rings. The average Bonchev–Trinajstić information content (AvgIpc) is 2.33. The van der Waals surface area contributed by atoms with E-state index < -0.39 is 20.7 Å². The van der Waals surface area contributed by atoms with E-state index in [0.29, 0.717) is 10.6 Å². The molecule has 0 bridgehead atoms. The number of sulfonamides is 1. The maximum absolute atomic E-state index is 13.8. The number of benzene rings is 1. The lowest BCUT2D eigenvalue weighted by molar-refractivity contribution is 0.570. The van der Waals surface area contributed by atoms with Crippen molar-refractivity contribution in [2.75, 3.05) is 10.5 Å². The molecule has 0 saturated heterocycles. The Hall–Kier alpha value is -1.86. The molecule has 0 atom stereocenters. The molecule has 0 aliphatic heterocycles. The predicted octanol–water partition coefficient (Wildman–Crippen LogP) is 2.57. The smallest absolute Gasteiger partial charge is 0.266 e. The van der Waals surface area contributed by atoms with Crippen molar-refractivity contribution in [3.63, 3.8) is 0 Å². The highest BCUT2D eigenvalue weighted by Gasteiger charge is 2.21. The van der Waals surface area contributed by atoms with E-state index >= 15 is 0 Å². The number of aromatic nitrogens is 1. The number of nitrogens with two attached hydrogens (primary N) is 1. The highest BCUT2D eigenvalue weighted by Crippen LogP contribution is 2.23. The van der Waals surface area contributed by atoms with E-state index in [2.05, 4.69) is 9.71 Å². The van der Waals surface area contributed by atoms with E-state index in [4.69, 9.17) is 17.3 Å². The largest absolute Gasteiger partial charge is 0.398 e. The SMILES string of the molecule is Cc1cc(F)c(S(=O)(=O)Nc2cc(Cl)ccn2)cc1N. The molecule has 0 spiro atoms. The summed E-state index contributed by atoms with van der Waals surface area (Å²) in [7, 11) is -4.13. The summed E-state index contributed by atoms with van der Waals surface area (Å²) in [5, 5.41) is 0.307. The molecule has 1 aromatic heterocycles. The van der Waals surface area contributed by atoms with Crippen LogP contribution in [0.4, 0.5) is 15.9 Å². The Morgan fingerprint density at radius 1 is 1.35 bits per heavy atom. The van der Waals surface area contributed by atoms with Crippen molar-refractivity contribution in [3.8, 4) is 0 Å². The number of hydrogen-bond donors (Lipinski definition) is 2. The van der Waals surface area contributed by atoms with Gasteiger partial charge in [-0.05, 0) is 30.7 Å². The molecule has 3 N–H and O–H groups in total. The van der Waals surface area contributed by atoms with Crippen LogP contribution in [-0.2, 0) is 10.0 Å². The minimum atomic E-state index is -4.13. The summed E-state index contributed by atoms with van der Waals surface area (Å²) in [4.78, 5) is 3.25. The van der Waals surface area contributed by atoms with Crippen molar-refractivity contribution in [1.29, 1.82) is 0 Å². The number of nitrogens with one attached hydrogen (secondary N) is 1. The summed E-state index contributed by atoms with van der Waals surface area (Å²) in [5.74, 6) is -0.887. The Labute approximate surface area is 120 Å². The minimum Gasteiger partial charge on any atom is -0.398 e. The minimum absolute atomic E-state index is 0.00366. The van der Waals surface area contributed by atoms with Gasteiger partial charge in [-0.25, -0.2) is 17.8 Å². The molecule has 1 aromatic carbocycles. The van der Waals surface area contributed by atoms with Crippen molar-refractivity contribution < 1.29 is 12.8 Å². The molecule has 0 radical (unpaired) electrons. The first-order valence-electron chi connectivity index (χ1n) is 5.49. The van der Waals surface area contributed by atoms with Crippen LogP contribution in [0.15, 0.2) is 35.4 Å². The van der Waals surface area contributed by atoms with Crippen molar-refractivity contribution in [2.45, 2.75) is 11.8 Å². The highest BCUT2D eigenvalue weighted by atomic mass is 35.5. The third kappa shape index (κ3) is 3.00. The van der Waals surface area contributed by atoms with Crippen LogP contribution in [0.2, 0.25) is 5.02 Å². The van der Waals surface area contributed by atoms with Crippen LogP contribution in [-0.4, -0.2) is 13.4 Å². The van der Waals surface area contributed by atoms with Crippen LogP contribution in [0.5, 0.6) is 0 Å². The maximum Gasteiger partial charge on any atom is 0.266 e. The fraction of sp³-hybridized carbons (Fsp3) is 0.0833. The summed E-state index contributed by atoms with van der Waals surface area (Å²) >= 11 is 5.73. The molecule has 0 aliphatic carbocycles. The van der Waals surface area contributed by atoms with Gasteiger partial charge in [0.05, 0.1) is 0 Å². The number of hydrogen-bond acceptors (Lipinski definition) is 4. The molecule has 0 unspecified atom stereocenters. The molecule has 0 amide bonds. The van der Waals surface area contributed by atoms with Gasteiger partial charge in [0.2, 0.25) is 0 Å². The topological polar surface area (TPSA) is 85.1 Å². The Bertz CT molecular complexity index is 765. The molecule has 0 aliphatic rings. The molecule has 2 rings (SSSR count).